The van der Waals surface area contributed by atoms with Gasteiger partial charge in [-0.15, -0.1) is 0 Å². The highest BCUT2D eigenvalue weighted by atomic mass is 32.2. The minimum atomic E-state index is -0.804. The molecule has 0 aliphatic carbocycles. The molecule has 116 valence electrons. The monoisotopic (exact) mass is 302 g/mol. The summed E-state index contributed by atoms with van der Waals surface area (Å²) in [6, 6.07) is 0.162. The minimum absolute atomic E-state index is 0.0594. The number of hydrogen-bond donors (Lipinski definition) is 1. The zero-order valence-electron chi connectivity index (χ0n) is 12.7. The SMILES string of the molecule is CCC1CN(C(=O)N(CCCC(=O)O)C(C)C)CCS1. The Labute approximate surface area is 125 Å². The normalized spacial score (nSPS) is 19.2. The van der Waals surface area contributed by atoms with Gasteiger partial charge in [-0.3, -0.25) is 4.79 Å². The summed E-state index contributed by atoms with van der Waals surface area (Å²) in [6.07, 6.45) is 1.71. The first-order chi connectivity index (χ1) is 9.45. The number of carboxylic acid groups (broad SMARTS) is 1. The summed E-state index contributed by atoms with van der Waals surface area (Å²) < 4.78 is 0. The second-order valence-corrected chi connectivity index (χ2v) is 6.82. The molecule has 0 aromatic heterocycles. The van der Waals surface area contributed by atoms with Gasteiger partial charge in [0.1, 0.15) is 0 Å². The van der Waals surface area contributed by atoms with E-state index in [-0.39, 0.29) is 18.5 Å². The third kappa shape index (κ3) is 5.23. The van der Waals surface area contributed by atoms with E-state index < -0.39 is 5.97 Å². The molecule has 0 aromatic carbocycles. The van der Waals surface area contributed by atoms with Crippen molar-refractivity contribution in [3.63, 3.8) is 0 Å². The number of carboxylic acids is 1. The fourth-order valence-electron chi connectivity index (χ4n) is 2.30. The van der Waals surface area contributed by atoms with Gasteiger partial charge in [0.15, 0.2) is 0 Å². The van der Waals surface area contributed by atoms with E-state index in [2.05, 4.69) is 6.92 Å². The van der Waals surface area contributed by atoms with Crippen LogP contribution in [0.3, 0.4) is 0 Å². The molecule has 0 saturated carbocycles. The fourth-order valence-corrected chi connectivity index (χ4v) is 3.48. The van der Waals surface area contributed by atoms with Gasteiger partial charge < -0.3 is 14.9 Å². The maximum Gasteiger partial charge on any atom is 0.320 e. The van der Waals surface area contributed by atoms with Crippen molar-refractivity contribution in [1.82, 2.24) is 9.80 Å². The van der Waals surface area contributed by atoms with Crippen molar-refractivity contribution < 1.29 is 14.7 Å². The topological polar surface area (TPSA) is 60.9 Å². The highest BCUT2D eigenvalue weighted by Crippen LogP contribution is 2.22. The van der Waals surface area contributed by atoms with Gasteiger partial charge in [-0.05, 0) is 26.7 Å². The molecule has 1 heterocycles. The molecule has 1 aliphatic rings. The molecule has 1 N–H and O–H groups in total. The maximum atomic E-state index is 12.6. The zero-order chi connectivity index (χ0) is 15.1. The highest BCUT2D eigenvalue weighted by molar-refractivity contribution is 8.00. The molecule has 0 radical (unpaired) electrons. The molecule has 0 aromatic rings. The van der Waals surface area contributed by atoms with E-state index >= 15 is 0 Å². The quantitative estimate of drug-likeness (QED) is 0.819. The Hall–Kier alpha value is -0.910. The number of rotatable bonds is 6. The lowest BCUT2D eigenvalue weighted by Crippen LogP contribution is -2.51. The van der Waals surface area contributed by atoms with Crippen LogP contribution < -0.4 is 0 Å². The smallest absolute Gasteiger partial charge is 0.320 e. The Morgan fingerprint density at radius 3 is 2.70 bits per heavy atom. The molecule has 2 amide bonds. The fraction of sp³-hybridized carbons (Fsp3) is 0.857. The number of carbonyl (C=O) groups is 2. The van der Waals surface area contributed by atoms with E-state index in [1.165, 1.54) is 0 Å². The van der Waals surface area contributed by atoms with E-state index in [0.29, 0.717) is 18.2 Å². The van der Waals surface area contributed by atoms with Gasteiger partial charge in [-0.2, -0.15) is 11.8 Å². The average Bonchev–Trinajstić information content (AvgIpc) is 2.42. The summed E-state index contributed by atoms with van der Waals surface area (Å²) in [5.74, 6) is 0.187. The molecule has 1 atom stereocenters. The highest BCUT2D eigenvalue weighted by Gasteiger charge is 2.27. The minimum Gasteiger partial charge on any atom is -0.481 e. The first-order valence-corrected chi connectivity index (χ1v) is 8.39. The lowest BCUT2D eigenvalue weighted by Gasteiger charge is -2.37. The summed E-state index contributed by atoms with van der Waals surface area (Å²) >= 11 is 1.94. The Morgan fingerprint density at radius 2 is 2.15 bits per heavy atom. The van der Waals surface area contributed by atoms with Crippen molar-refractivity contribution >= 4 is 23.8 Å². The standard InChI is InChI=1S/C14H26N2O3S/c1-4-12-10-15(8-9-20-12)14(19)16(11(2)3)7-5-6-13(17)18/h11-12H,4-10H2,1-3H3,(H,17,18). The van der Waals surface area contributed by atoms with Crippen LogP contribution in [-0.4, -0.2) is 63.6 Å². The number of carbonyl (C=O) groups excluding carboxylic acids is 1. The number of thioether (sulfide) groups is 1. The Balaban J connectivity index is 2.56. The van der Waals surface area contributed by atoms with Crippen LogP contribution in [0, 0.1) is 0 Å². The second kappa shape index (κ2) is 8.39. The van der Waals surface area contributed by atoms with Crippen LogP contribution >= 0.6 is 11.8 Å². The van der Waals surface area contributed by atoms with Crippen LogP contribution in [0.15, 0.2) is 0 Å². The van der Waals surface area contributed by atoms with Crippen molar-refractivity contribution in [1.29, 1.82) is 0 Å². The Bertz CT molecular complexity index is 336. The molecular formula is C14H26N2O3S. The van der Waals surface area contributed by atoms with Gasteiger partial charge >= 0.3 is 12.0 Å². The molecular weight excluding hydrogens is 276 g/mol. The summed E-state index contributed by atoms with van der Waals surface area (Å²) in [5.41, 5.74) is 0. The molecule has 5 nitrogen and oxygen atoms in total. The summed E-state index contributed by atoms with van der Waals surface area (Å²) in [6.45, 7) is 8.23. The van der Waals surface area contributed by atoms with Crippen molar-refractivity contribution in [3.8, 4) is 0 Å². The predicted molar refractivity (Wildman–Crippen MR) is 82.2 cm³/mol. The molecule has 1 rings (SSSR count). The van der Waals surface area contributed by atoms with E-state index in [9.17, 15) is 9.59 Å². The van der Waals surface area contributed by atoms with Crippen LogP contribution in [0.4, 0.5) is 4.79 Å². The van der Waals surface area contributed by atoms with E-state index in [0.717, 1.165) is 25.3 Å². The average molecular weight is 302 g/mol. The van der Waals surface area contributed by atoms with Gasteiger partial charge in [-0.25, -0.2) is 4.79 Å². The largest absolute Gasteiger partial charge is 0.481 e. The molecule has 20 heavy (non-hydrogen) atoms. The van der Waals surface area contributed by atoms with Gasteiger partial charge in [0.2, 0.25) is 0 Å². The molecule has 1 unspecified atom stereocenters. The van der Waals surface area contributed by atoms with Gasteiger partial charge in [-0.1, -0.05) is 6.92 Å². The summed E-state index contributed by atoms with van der Waals surface area (Å²) in [7, 11) is 0. The summed E-state index contributed by atoms with van der Waals surface area (Å²) in [5, 5.41) is 9.23. The van der Waals surface area contributed by atoms with E-state index in [1.807, 2.05) is 30.5 Å². The first-order valence-electron chi connectivity index (χ1n) is 7.34. The van der Waals surface area contributed by atoms with Crippen molar-refractivity contribution in [2.24, 2.45) is 0 Å². The molecule has 0 bridgehead atoms. The van der Waals surface area contributed by atoms with Crippen LogP contribution in [0.5, 0.6) is 0 Å². The molecule has 1 saturated heterocycles. The van der Waals surface area contributed by atoms with Crippen molar-refractivity contribution in [2.75, 3.05) is 25.4 Å². The number of hydrogen-bond acceptors (Lipinski definition) is 3. The Morgan fingerprint density at radius 1 is 1.45 bits per heavy atom. The third-order valence-corrected chi connectivity index (χ3v) is 4.90. The second-order valence-electron chi connectivity index (χ2n) is 5.41. The first kappa shape index (κ1) is 17.1. The molecule has 1 fully saturated rings. The molecule has 1 aliphatic heterocycles. The van der Waals surface area contributed by atoms with Crippen LogP contribution in [0.25, 0.3) is 0 Å². The zero-order valence-corrected chi connectivity index (χ0v) is 13.5. The lowest BCUT2D eigenvalue weighted by molar-refractivity contribution is -0.137. The van der Waals surface area contributed by atoms with E-state index in [1.54, 1.807) is 4.90 Å². The third-order valence-electron chi connectivity index (χ3n) is 3.52. The van der Waals surface area contributed by atoms with Gasteiger partial charge in [0, 0.05) is 43.1 Å². The van der Waals surface area contributed by atoms with Crippen molar-refractivity contribution in [2.45, 2.75) is 51.3 Å². The van der Waals surface area contributed by atoms with Crippen LogP contribution in [0.1, 0.15) is 40.0 Å². The van der Waals surface area contributed by atoms with Crippen molar-refractivity contribution in [3.05, 3.63) is 0 Å². The Kier molecular flexibility index (Phi) is 7.19. The van der Waals surface area contributed by atoms with Gasteiger partial charge in [0.05, 0.1) is 0 Å². The predicted octanol–water partition coefficient (Wildman–Crippen LogP) is 2.51. The number of aliphatic carboxylic acids is 1. The summed E-state index contributed by atoms with van der Waals surface area (Å²) in [4.78, 5) is 26.9. The molecule has 0 spiro atoms. The van der Waals surface area contributed by atoms with E-state index in [4.69, 9.17) is 5.11 Å². The number of urea groups is 1. The lowest BCUT2D eigenvalue weighted by atomic mass is 10.2. The number of nitrogens with zero attached hydrogens (tertiary/aromatic N) is 2. The molecule has 6 heteroatoms. The maximum absolute atomic E-state index is 12.6. The van der Waals surface area contributed by atoms with Crippen LogP contribution in [0.2, 0.25) is 0 Å². The van der Waals surface area contributed by atoms with Crippen LogP contribution in [-0.2, 0) is 4.79 Å². The van der Waals surface area contributed by atoms with Gasteiger partial charge in [0.25, 0.3) is 0 Å². The number of amides is 2.